The van der Waals surface area contributed by atoms with Gasteiger partial charge in [0.2, 0.25) is 11.7 Å². The first kappa shape index (κ1) is 9.78. The molecule has 78 valence electrons. The Morgan fingerprint density at radius 3 is 2.73 bits per heavy atom. The van der Waals surface area contributed by atoms with Crippen molar-refractivity contribution in [1.29, 1.82) is 0 Å². The number of hydrogen-bond donors (Lipinski definition) is 1. The van der Waals surface area contributed by atoms with E-state index in [1.807, 2.05) is 0 Å². The van der Waals surface area contributed by atoms with Crippen LogP contribution in [0.2, 0.25) is 0 Å². The Labute approximate surface area is 88.3 Å². The van der Waals surface area contributed by atoms with E-state index in [4.69, 9.17) is 13.9 Å². The number of aromatic carboxylic acids is 1. The number of furan rings is 1. The number of hydrogen-bond acceptors (Lipinski definition) is 6. The van der Waals surface area contributed by atoms with Gasteiger partial charge in [-0.1, -0.05) is 0 Å². The van der Waals surface area contributed by atoms with Gasteiger partial charge in [-0.2, -0.15) is 0 Å². The Kier molecular flexibility index (Phi) is 2.46. The second kappa shape index (κ2) is 3.77. The molecule has 0 fully saturated rings. The third-order valence-electron chi connectivity index (χ3n) is 1.49. The SMILES string of the molecule is Cc1nnc(Sc2ccc(C(=O)O)o2)o1. The highest BCUT2D eigenvalue weighted by Crippen LogP contribution is 2.27. The fourth-order valence-corrected chi connectivity index (χ4v) is 1.58. The third-order valence-corrected chi connectivity index (χ3v) is 2.25. The van der Waals surface area contributed by atoms with E-state index in [9.17, 15) is 4.79 Å². The van der Waals surface area contributed by atoms with Crippen LogP contribution in [0.5, 0.6) is 0 Å². The molecule has 0 aliphatic carbocycles. The van der Waals surface area contributed by atoms with E-state index in [2.05, 4.69) is 10.2 Å². The molecule has 0 radical (unpaired) electrons. The topological polar surface area (TPSA) is 89.4 Å². The molecule has 0 aromatic carbocycles. The van der Waals surface area contributed by atoms with Gasteiger partial charge in [0.05, 0.1) is 0 Å². The summed E-state index contributed by atoms with van der Waals surface area (Å²) in [6.07, 6.45) is 0. The molecule has 0 saturated heterocycles. The fraction of sp³-hybridized carbons (Fsp3) is 0.125. The molecule has 1 N–H and O–H groups in total. The van der Waals surface area contributed by atoms with Crippen LogP contribution in [0.4, 0.5) is 0 Å². The van der Waals surface area contributed by atoms with E-state index in [1.165, 1.54) is 12.1 Å². The largest absolute Gasteiger partial charge is 0.475 e. The number of carbonyl (C=O) groups is 1. The predicted octanol–water partition coefficient (Wildman–Crippen LogP) is 1.82. The summed E-state index contributed by atoms with van der Waals surface area (Å²) in [5.74, 6) is -0.778. The number of carboxylic acids is 1. The van der Waals surface area contributed by atoms with E-state index in [-0.39, 0.29) is 5.76 Å². The van der Waals surface area contributed by atoms with Crippen LogP contribution in [0.25, 0.3) is 0 Å². The van der Waals surface area contributed by atoms with Crippen molar-refractivity contribution in [2.24, 2.45) is 0 Å². The lowest BCUT2D eigenvalue weighted by atomic mass is 10.5. The monoisotopic (exact) mass is 226 g/mol. The summed E-state index contributed by atoms with van der Waals surface area (Å²) < 4.78 is 10.1. The molecule has 0 aliphatic rings. The van der Waals surface area contributed by atoms with Gasteiger partial charge in [0.25, 0.3) is 5.22 Å². The molecule has 15 heavy (non-hydrogen) atoms. The van der Waals surface area contributed by atoms with Crippen molar-refractivity contribution >= 4 is 17.7 Å². The summed E-state index contributed by atoms with van der Waals surface area (Å²) in [7, 11) is 0. The molecule has 0 saturated carbocycles. The Hall–Kier alpha value is -1.76. The molecular formula is C8H6N2O4S. The summed E-state index contributed by atoms with van der Waals surface area (Å²) in [5.41, 5.74) is 0. The van der Waals surface area contributed by atoms with Gasteiger partial charge < -0.3 is 13.9 Å². The molecule has 6 nitrogen and oxygen atoms in total. The Morgan fingerprint density at radius 1 is 1.40 bits per heavy atom. The smallest absolute Gasteiger partial charge is 0.371 e. The number of nitrogens with zero attached hydrogens (tertiary/aromatic N) is 2. The second-order valence-electron chi connectivity index (χ2n) is 2.61. The predicted molar refractivity (Wildman–Crippen MR) is 48.8 cm³/mol. The van der Waals surface area contributed by atoms with E-state index < -0.39 is 5.97 Å². The standard InChI is InChI=1S/C8H6N2O4S/c1-4-9-10-8(13-4)15-6-3-2-5(14-6)7(11)12/h2-3H,1H3,(H,11,12). The van der Waals surface area contributed by atoms with E-state index >= 15 is 0 Å². The van der Waals surface area contributed by atoms with Crippen LogP contribution in [-0.2, 0) is 0 Å². The molecule has 0 amide bonds. The quantitative estimate of drug-likeness (QED) is 0.853. The summed E-state index contributed by atoms with van der Waals surface area (Å²) >= 11 is 1.08. The molecule has 7 heteroatoms. The average Bonchev–Trinajstić information content (AvgIpc) is 2.76. The van der Waals surface area contributed by atoms with Gasteiger partial charge in [-0.15, -0.1) is 10.2 Å². The van der Waals surface area contributed by atoms with Gasteiger partial charge in [-0.3, -0.25) is 0 Å². The summed E-state index contributed by atoms with van der Waals surface area (Å²) in [6, 6.07) is 2.90. The van der Waals surface area contributed by atoms with Crippen molar-refractivity contribution in [3.8, 4) is 0 Å². The van der Waals surface area contributed by atoms with Gasteiger partial charge in [-0.05, 0) is 12.1 Å². The minimum Gasteiger partial charge on any atom is -0.475 e. The first-order chi connectivity index (χ1) is 7.15. The van der Waals surface area contributed by atoms with Crippen molar-refractivity contribution in [3.63, 3.8) is 0 Å². The number of aromatic nitrogens is 2. The lowest BCUT2D eigenvalue weighted by molar-refractivity contribution is 0.0656. The molecule has 2 aromatic heterocycles. The maximum atomic E-state index is 10.5. The van der Waals surface area contributed by atoms with Crippen LogP contribution in [0, 0.1) is 6.92 Å². The van der Waals surface area contributed by atoms with Crippen LogP contribution >= 0.6 is 11.8 Å². The van der Waals surface area contributed by atoms with Crippen molar-refractivity contribution in [3.05, 3.63) is 23.8 Å². The van der Waals surface area contributed by atoms with Gasteiger partial charge in [-0.25, -0.2) is 4.79 Å². The minimum atomic E-state index is -1.11. The number of rotatable bonds is 3. The lowest BCUT2D eigenvalue weighted by Gasteiger charge is -1.88. The van der Waals surface area contributed by atoms with Crippen LogP contribution in [0.3, 0.4) is 0 Å². The molecule has 2 rings (SSSR count). The zero-order chi connectivity index (χ0) is 10.8. The summed E-state index contributed by atoms with van der Waals surface area (Å²) in [4.78, 5) is 10.5. The first-order valence-electron chi connectivity index (χ1n) is 3.96. The second-order valence-corrected chi connectivity index (χ2v) is 3.57. The van der Waals surface area contributed by atoms with Crippen LogP contribution in [-0.4, -0.2) is 21.3 Å². The normalized spacial score (nSPS) is 10.5. The fourth-order valence-electron chi connectivity index (χ4n) is 0.896. The van der Waals surface area contributed by atoms with Gasteiger partial charge in [0.15, 0.2) is 5.09 Å². The Bertz CT molecular complexity index is 490. The third kappa shape index (κ3) is 2.18. The van der Waals surface area contributed by atoms with Crippen LogP contribution < -0.4 is 0 Å². The van der Waals surface area contributed by atoms with Crippen molar-refractivity contribution in [2.45, 2.75) is 17.2 Å². The highest BCUT2D eigenvalue weighted by Gasteiger charge is 2.12. The van der Waals surface area contributed by atoms with Crippen molar-refractivity contribution < 1.29 is 18.7 Å². The maximum Gasteiger partial charge on any atom is 0.371 e. The Balaban J connectivity index is 2.14. The van der Waals surface area contributed by atoms with Gasteiger partial charge >= 0.3 is 5.97 Å². The van der Waals surface area contributed by atoms with Crippen LogP contribution in [0.1, 0.15) is 16.4 Å². The zero-order valence-corrected chi connectivity index (χ0v) is 8.45. The highest BCUT2D eigenvalue weighted by atomic mass is 32.2. The Morgan fingerprint density at radius 2 is 2.20 bits per heavy atom. The average molecular weight is 226 g/mol. The van der Waals surface area contributed by atoms with Gasteiger partial charge in [0, 0.05) is 18.7 Å². The zero-order valence-electron chi connectivity index (χ0n) is 7.63. The van der Waals surface area contributed by atoms with Crippen LogP contribution in [0.15, 0.2) is 31.3 Å². The van der Waals surface area contributed by atoms with E-state index in [1.54, 1.807) is 6.92 Å². The maximum absolute atomic E-state index is 10.5. The molecule has 0 atom stereocenters. The first-order valence-corrected chi connectivity index (χ1v) is 4.78. The summed E-state index contributed by atoms with van der Waals surface area (Å²) in [6.45, 7) is 1.67. The van der Waals surface area contributed by atoms with Gasteiger partial charge in [0.1, 0.15) is 0 Å². The molecule has 0 unspecified atom stereocenters. The molecule has 2 heterocycles. The molecular weight excluding hydrogens is 220 g/mol. The number of aryl methyl sites for hydroxylation is 1. The van der Waals surface area contributed by atoms with E-state index in [0.29, 0.717) is 16.2 Å². The summed E-state index contributed by atoms with van der Waals surface area (Å²) in [5, 5.41) is 16.7. The molecule has 0 aliphatic heterocycles. The molecule has 0 bridgehead atoms. The van der Waals surface area contributed by atoms with E-state index in [0.717, 1.165) is 11.8 Å². The van der Waals surface area contributed by atoms with Crippen molar-refractivity contribution in [1.82, 2.24) is 10.2 Å². The highest BCUT2D eigenvalue weighted by molar-refractivity contribution is 7.99. The number of carboxylic acid groups (broad SMARTS) is 1. The molecule has 2 aromatic rings. The van der Waals surface area contributed by atoms with Crippen molar-refractivity contribution in [2.75, 3.05) is 0 Å². The minimum absolute atomic E-state index is 0.117. The molecule has 0 spiro atoms. The lowest BCUT2D eigenvalue weighted by Crippen LogP contribution is -1.91.